The molecule has 2 rings (SSSR count). The molecule has 5 heteroatoms. The van der Waals surface area contributed by atoms with Gasteiger partial charge in [-0.15, -0.1) is 0 Å². The SMILES string of the molecule is CCOc1ccc(-n2nccc2CC(=O)O)cc1. The molecule has 2 aromatic rings. The van der Waals surface area contributed by atoms with Crippen molar-refractivity contribution in [3.8, 4) is 11.4 Å². The summed E-state index contributed by atoms with van der Waals surface area (Å²) in [7, 11) is 0. The van der Waals surface area contributed by atoms with E-state index in [4.69, 9.17) is 9.84 Å². The molecule has 0 atom stereocenters. The van der Waals surface area contributed by atoms with E-state index in [9.17, 15) is 4.79 Å². The maximum absolute atomic E-state index is 10.7. The van der Waals surface area contributed by atoms with Crippen molar-refractivity contribution < 1.29 is 14.6 Å². The summed E-state index contributed by atoms with van der Waals surface area (Å²) in [6.07, 6.45) is 1.54. The number of hydrogen-bond acceptors (Lipinski definition) is 3. The topological polar surface area (TPSA) is 64.4 Å². The average molecular weight is 246 g/mol. The van der Waals surface area contributed by atoms with E-state index in [0.29, 0.717) is 12.3 Å². The van der Waals surface area contributed by atoms with E-state index in [2.05, 4.69) is 5.10 Å². The quantitative estimate of drug-likeness (QED) is 0.875. The summed E-state index contributed by atoms with van der Waals surface area (Å²) in [5, 5.41) is 12.9. The molecule has 0 saturated carbocycles. The number of ether oxygens (including phenoxy) is 1. The van der Waals surface area contributed by atoms with E-state index in [1.165, 1.54) is 0 Å². The number of benzene rings is 1. The standard InChI is InChI=1S/C13H14N2O3/c1-2-18-12-5-3-10(4-6-12)15-11(7-8-14-15)9-13(16)17/h3-8H,2,9H2,1H3,(H,16,17). The molecule has 1 N–H and O–H groups in total. The zero-order valence-corrected chi connectivity index (χ0v) is 10.0. The second-order valence-electron chi connectivity index (χ2n) is 3.73. The van der Waals surface area contributed by atoms with Crippen molar-refractivity contribution >= 4 is 5.97 Å². The molecule has 0 unspecified atom stereocenters. The van der Waals surface area contributed by atoms with Gasteiger partial charge in [0.05, 0.1) is 24.4 Å². The lowest BCUT2D eigenvalue weighted by molar-refractivity contribution is -0.136. The van der Waals surface area contributed by atoms with Crippen LogP contribution >= 0.6 is 0 Å². The predicted molar refractivity (Wildman–Crippen MR) is 66.1 cm³/mol. The van der Waals surface area contributed by atoms with Crippen molar-refractivity contribution in [2.24, 2.45) is 0 Å². The Bertz CT molecular complexity index is 531. The highest BCUT2D eigenvalue weighted by molar-refractivity contribution is 5.69. The molecule has 0 aliphatic rings. The van der Waals surface area contributed by atoms with Gasteiger partial charge in [-0.3, -0.25) is 4.79 Å². The van der Waals surface area contributed by atoms with Crippen LogP contribution in [0.3, 0.4) is 0 Å². The Morgan fingerprint density at radius 2 is 2.06 bits per heavy atom. The van der Waals surface area contributed by atoms with Crippen molar-refractivity contribution in [2.75, 3.05) is 6.61 Å². The minimum absolute atomic E-state index is 0.0484. The molecule has 94 valence electrons. The molecule has 0 aliphatic heterocycles. The highest BCUT2D eigenvalue weighted by Crippen LogP contribution is 2.16. The lowest BCUT2D eigenvalue weighted by Gasteiger charge is -2.07. The van der Waals surface area contributed by atoms with Gasteiger partial charge in [-0.2, -0.15) is 5.10 Å². The molecule has 1 aromatic heterocycles. The summed E-state index contributed by atoms with van der Waals surface area (Å²) in [6.45, 7) is 2.54. The average Bonchev–Trinajstić information content (AvgIpc) is 2.78. The summed E-state index contributed by atoms with van der Waals surface area (Å²) in [5.74, 6) is -0.0872. The summed E-state index contributed by atoms with van der Waals surface area (Å²) in [6, 6.07) is 9.08. The molecule has 0 fully saturated rings. The monoisotopic (exact) mass is 246 g/mol. The van der Waals surface area contributed by atoms with Crippen LogP contribution in [0.4, 0.5) is 0 Å². The molecule has 1 aromatic carbocycles. The first kappa shape index (κ1) is 12.2. The van der Waals surface area contributed by atoms with Gasteiger partial charge in [0.15, 0.2) is 0 Å². The number of hydrogen-bond donors (Lipinski definition) is 1. The zero-order valence-electron chi connectivity index (χ0n) is 10.0. The number of nitrogens with zero attached hydrogens (tertiary/aromatic N) is 2. The summed E-state index contributed by atoms with van der Waals surface area (Å²) in [4.78, 5) is 10.7. The molecule has 0 bridgehead atoms. The van der Waals surface area contributed by atoms with Gasteiger partial charge in [0, 0.05) is 6.20 Å². The molecule has 18 heavy (non-hydrogen) atoms. The Morgan fingerprint density at radius 3 is 2.67 bits per heavy atom. The van der Waals surface area contributed by atoms with Gasteiger partial charge >= 0.3 is 5.97 Å². The minimum Gasteiger partial charge on any atom is -0.494 e. The molecule has 5 nitrogen and oxygen atoms in total. The van der Waals surface area contributed by atoms with Gasteiger partial charge in [-0.1, -0.05) is 0 Å². The lowest BCUT2D eigenvalue weighted by atomic mass is 10.2. The fourth-order valence-electron chi connectivity index (χ4n) is 1.70. The highest BCUT2D eigenvalue weighted by Gasteiger charge is 2.08. The van der Waals surface area contributed by atoms with Gasteiger partial charge < -0.3 is 9.84 Å². The summed E-state index contributed by atoms with van der Waals surface area (Å²) >= 11 is 0. The Labute approximate surface area is 105 Å². The van der Waals surface area contributed by atoms with E-state index in [0.717, 1.165) is 11.4 Å². The third-order valence-electron chi connectivity index (χ3n) is 2.45. The van der Waals surface area contributed by atoms with Gasteiger partial charge in [0.1, 0.15) is 5.75 Å². The second-order valence-corrected chi connectivity index (χ2v) is 3.73. The number of aromatic nitrogens is 2. The van der Waals surface area contributed by atoms with Crippen LogP contribution in [-0.2, 0) is 11.2 Å². The summed E-state index contributed by atoms with van der Waals surface area (Å²) < 4.78 is 6.96. The maximum Gasteiger partial charge on any atom is 0.309 e. The van der Waals surface area contributed by atoms with E-state index in [1.807, 2.05) is 31.2 Å². The van der Waals surface area contributed by atoms with Crippen LogP contribution in [0.25, 0.3) is 5.69 Å². The Kier molecular flexibility index (Phi) is 3.62. The van der Waals surface area contributed by atoms with Gasteiger partial charge in [0.25, 0.3) is 0 Å². The van der Waals surface area contributed by atoms with E-state index >= 15 is 0 Å². The molecular weight excluding hydrogens is 232 g/mol. The molecular formula is C13H14N2O3. The van der Waals surface area contributed by atoms with E-state index < -0.39 is 5.97 Å². The van der Waals surface area contributed by atoms with Crippen LogP contribution in [0.1, 0.15) is 12.6 Å². The highest BCUT2D eigenvalue weighted by atomic mass is 16.5. The number of carboxylic acid groups (broad SMARTS) is 1. The van der Waals surface area contributed by atoms with Crippen LogP contribution in [0.5, 0.6) is 5.75 Å². The van der Waals surface area contributed by atoms with E-state index in [-0.39, 0.29) is 6.42 Å². The molecule has 0 amide bonds. The van der Waals surface area contributed by atoms with Crippen molar-refractivity contribution in [2.45, 2.75) is 13.3 Å². The smallest absolute Gasteiger partial charge is 0.309 e. The molecule has 1 heterocycles. The molecule has 0 saturated heterocycles. The van der Waals surface area contributed by atoms with Crippen molar-refractivity contribution in [3.05, 3.63) is 42.2 Å². The number of carbonyl (C=O) groups is 1. The Balaban J connectivity index is 2.25. The van der Waals surface area contributed by atoms with Crippen LogP contribution in [0.15, 0.2) is 36.5 Å². The Morgan fingerprint density at radius 1 is 1.33 bits per heavy atom. The molecule has 0 radical (unpaired) electrons. The third-order valence-corrected chi connectivity index (χ3v) is 2.45. The van der Waals surface area contributed by atoms with Crippen molar-refractivity contribution in [3.63, 3.8) is 0 Å². The number of rotatable bonds is 5. The summed E-state index contributed by atoms with van der Waals surface area (Å²) in [5.41, 5.74) is 1.46. The van der Waals surface area contributed by atoms with Crippen LogP contribution in [0.2, 0.25) is 0 Å². The molecule has 0 spiro atoms. The second kappa shape index (κ2) is 5.35. The van der Waals surface area contributed by atoms with Crippen LogP contribution in [-0.4, -0.2) is 27.5 Å². The fraction of sp³-hybridized carbons (Fsp3) is 0.231. The first-order chi connectivity index (χ1) is 8.70. The fourth-order valence-corrected chi connectivity index (χ4v) is 1.70. The van der Waals surface area contributed by atoms with Gasteiger partial charge in [-0.25, -0.2) is 4.68 Å². The normalized spacial score (nSPS) is 10.3. The minimum atomic E-state index is -0.873. The van der Waals surface area contributed by atoms with E-state index in [1.54, 1.807) is 16.9 Å². The predicted octanol–water partition coefficient (Wildman–Crippen LogP) is 1.90. The first-order valence-electron chi connectivity index (χ1n) is 5.68. The zero-order chi connectivity index (χ0) is 13.0. The maximum atomic E-state index is 10.7. The van der Waals surface area contributed by atoms with Gasteiger partial charge in [-0.05, 0) is 37.3 Å². The van der Waals surface area contributed by atoms with Gasteiger partial charge in [0.2, 0.25) is 0 Å². The largest absolute Gasteiger partial charge is 0.494 e. The number of aliphatic carboxylic acids is 1. The molecule has 0 aliphatic carbocycles. The van der Waals surface area contributed by atoms with Crippen molar-refractivity contribution in [1.29, 1.82) is 0 Å². The number of carboxylic acids is 1. The van der Waals surface area contributed by atoms with Crippen LogP contribution < -0.4 is 4.74 Å². The van der Waals surface area contributed by atoms with Crippen molar-refractivity contribution in [1.82, 2.24) is 9.78 Å². The Hall–Kier alpha value is -2.30. The lowest BCUT2D eigenvalue weighted by Crippen LogP contribution is -2.07. The third kappa shape index (κ3) is 2.68. The first-order valence-corrected chi connectivity index (χ1v) is 5.68. The van der Waals surface area contributed by atoms with Crippen LogP contribution in [0, 0.1) is 0 Å².